The maximum Gasteiger partial charge on any atom is 0.343 e. The van der Waals surface area contributed by atoms with Gasteiger partial charge < -0.3 is 4.90 Å². The zero-order valence-corrected chi connectivity index (χ0v) is 9.97. The molecule has 1 aromatic rings. The van der Waals surface area contributed by atoms with Gasteiger partial charge in [0.2, 0.25) is 0 Å². The molecule has 0 saturated heterocycles. The van der Waals surface area contributed by atoms with E-state index >= 15 is 0 Å². The van der Waals surface area contributed by atoms with E-state index in [9.17, 15) is 4.79 Å². The fourth-order valence-electron chi connectivity index (χ4n) is 2.89. The van der Waals surface area contributed by atoms with Gasteiger partial charge >= 0.3 is 6.03 Å². The highest BCUT2D eigenvalue weighted by Crippen LogP contribution is 2.35. The monoisotopic (exact) mass is 228 g/mol. The van der Waals surface area contributed by atoms with Crippen LogP contribution in [0.4, 0.5) is 4.79 Å². The average Bonchev–Trinajstić information content (AvgIpc) is 2.66. The van der Waals surface area contributed by atoms with E-state index in [2.05, 4.69) is 29.3 Å². The minimum atomic E-state index is -0.0706. The van der Waals surface area contributed by atoms with Gasteiger partial charge in [-0.25, -0.2) is 9.79 Å². The van der Waals surface area contributed by atoms with Gasteiger partial charge in [0.05, 0.1) is 6.04 Å². The summed E-state index contributed by atoms with van der Waals surface area (Å²) in [6, 6.07) is 10.8. The van der Waals surface area contributed by atoms with Gasteiger partial charge in [0.15, 0.2) is 0 Å². The summed E-state index contributed by atoms with van der Waals surface area (Å²) in [5, 5.41) is 0. The van der Waals surface area contributed by atoms with Crippen LogP contribution in [0.5, 0.6) is 0 Å². The lowest BCUT2D eigenvalue weighted by Gasteiger charge is -2.31. The molecule has 3 nitrogen and oxygen atoms in total. The van der Waals surface area contributed by atoms with Crippen LogP contribution in [0.1, 0.15) is 30.7 Å². The Balaban J connectivity index is 1.81. The SMILES string of the molecule is CN1C(=O)N=C2CCC(c3ccccc3)C[C@@H]21. The van der Waals surface area contributed by atoms with Crippen molar-refractivity contribution in [2.24, 2.45) is 4.99 Å². The molecule has 0 spiro atoms. The number of hydrogen-bond donors (Lipinski definition) is 0. The number of fused-ring (bicyclic) bond motifs is 1. The number of nitrogens with zero attached hydrogens (tertiary/aromatic N) is 2. The molecular formula is C14H16N2O. The Kier molecular flexibility index (Phi) is 2.46. The van der Waals surface area contributed by atoms with Crippen molar-refractivity contribution in [2.45, 2.75) is 31.2 Å². The first kappa shape index (κ1) is 10.5. The van der Waals surface area contributed by atoms with Gasteiger partial charge in [-0.2, -0.15) is 0 Å². The number of hydrogen-bond acceptors (Lipinski definition) is 1. The molecule has 88 valence electrons. The van der Waals surface area contributed by atoms with Crippen LogP contribution in [0.3, 0.4) is 0 Å². The third kappa shape index (κ3) is 1.75. The molecule has 2 aliphatic rings. The van der Waals surface area contributed by atoms with Crippen LogP contribution in [-0.4, -0.2) is 29.7 Å². The minimum absolute atomic E-state index is 0.0706. The minimum Gasteiger partial charge on any atom is -0.318 e. The molecule has 1 aliphatic heterocycles. The quantitative estimate of drug-likeness (QED) is 0.727. The van der Waals surface area contributed by atoms with Crippen molar-refractivity contribution in [3.8, 4) is 0 Å². The van der Waals surface area contributed by atoms with Gasteiger partial charge in [0.1, 0.15) is 0 Å². The number of carbonyl (C=O) groups is 1. The molecule has 17 heavy (non-hydrogen) atoms. The van der Waals surface area contributed by atoms with E-state index in [4.69, 9.17) is 0 Å². The largest absolute Gasteiger partial charge is 0.343 e. The molecule has 1 saturated carbocycles. The van der Waals surface area contributed by atoms with Crippen molar-refractivity contribution in [3.63, 3.8) is 0 Å². The number of rotatable bonds is 1. The van der Waals surface area contributed by atoms with Crippen LogP contribution < -0.4 is 0 Å². The fraction of sp³-hybridized carbons (Fsp3) is 0.429. The summed E-state index contributed by atoms with van der Waals surface area (Å²) < 4.78 is 0. The zero-order valence-electron chi connectivity index (χ0n) is 9.97. The topological polar surface area (TPSA) is 32.7 Å². The molecule has 1 aliphatic carbocycles. The van der Waals surface area contributed by atoms with Gasteiger partial charge in [-0.1, -0.05) is 30.3 Å². The first-order valence-electron chi connectivity index (χ1n) is 6.15. The molecule has 0 N–H and O–H groups in total. The molecule has 2 atom stereocenters. The number of carbonyl (C=O) groups excluding carboxylic acids is 1. The molecule has 0 aromatic heterocycles. The van der Waals surface area contributed by atoms with Crippen molar-refractivity contribution in [2.75, 3.05) is 7.05 Å². The van der Waals surface area contributed by atoms with Crippen molar-refractivity contribution in [1.82, 2.24) is 4.90 Å². The summed E-state index contributed by atoms with van der Waals surface area (Å²) in [6.07, 6.45) is 3.09. The normalized spacial score (nSPS) is 27.9. The molecule has 0 bridgehead atoms. The van der Waals surface area contributed by atoms with Crippen LogP contribution in [0.15, 0.2) is 35.3 Å². The molecular weight excluding hydrogens is 212 g/mol. The summed E-state index contributed by atoms with van der Waals surface area (Å²) in [7, 11) is 1.86. The zero-order chi connectivity index (χ0) is 11.8. The molecule has 1 aromatic carbocycles. The third-order valence-corrected chi connectivity index (χ3v) is 3.92. The van der Waals surface area contributed by atoms with Crippen LogP contribution >= 0.6 is 0 Å². The van der Waals surface area contributed by atoms with E-state index in [1.165, 1.54) is 5.56 Å². The number of aliphatic imine (C=N–C) groups is 1. The summed E-state index contributed by atoms with van der Waals surface area (Å²) in [4.78, 5) is 17.4. The van der Waals surface area contributed by atoms with Crippen molar-refractivity contribution in [3.05, 3.63) is 35.9 Å². The van der Waals surface area contributed by atoms with Gasteiger partial charge in [-0.15, -0.1) is 0 Å². The van der Waals surface area contributed by atoms with E-state index < -0.39 is 0 Å². The lowest BCUT2D eigenvalue weighted by molar-refractivity contribution is 0.213. The molecule has 1 fully saturated rings. The second kappa shape index (κ2) is 3.99. The van der Waals surface area contributed by atoms with E-state index in [1.807, 2.05) is 13.1 Å². The van der Waals surface area contributed by atoms with E-state index in [1.54, 1.807) is 4.90 Å². The molecule has 0 radical (unpaired) electrons. The molecule has 3 rings (SSSR count). The van der Waals surface area contributed by atoms with E-state index in [0.717, 1.165) is 25.0 Å². The predicted molar refractivity (Wildman–Crippen MR) is 67.4 cm³/mol. The van der Waals surface area contributed by atoms with Crippen molar-refractivity contribution < 1.29 is 4.79 Å². The number of urea groups is 1. The average molecular weight is 228 g/mol. The maximum atomic E-state index is 11.5. The first-order chi connectivity index (χ1) is 8.25. The maximum absolute atomic E-state index is 11.5. The Hall–Kier alpha value is -1.64. The summed E-state index contributed by atoms with van der Waals surface area (Å²) in [5.41, 5.74) is 2.48. The van der Waals surface area contributed by atoms with Gasteiger partial charge in [-0.05, 0) is 30.7 Å². The first-order valence-corrected chi connectivity index (χ1v) is 6.15. The Morgan fingerprint density at radius 1 is 1.29 bits per heavy atom. The highest BCUT2D eigenvalue weighted by molar-refractivity contribution is 6.05. The lowest BCUT2D eigenvalue weighted by Crippen LogP contribution is -2.38. The second-order valence-electron chi connectivity index (χ2n) is 4.89. The predicted octanol–water partition coefficient (Wildman–Crippen LogP) is 2.83. The van der Waals surface area contributed by atoms with Crippen molar-refractivity contribution >= 4 is 11.7 Å². The van der Waals surface area contributed by atoms with Gasteiger partial charge in [-0.3, -0.25) is 0 Å². The summed E-state index contributed by atoms with van der Waals surface area (Å²) >= 11 is 0. The Labute approximate surface area is 101 Å². The molecule has 1 unspecified atom stereocenters. The Morgan fingerprint density at radius 2 is 2.06 bits per heavy atom. The summed E-state index contributed by atoms with van der Waals surface area (Å²) in [5.74, 6) is 0.563. The fourth-order valence-corrected chi connectivity index (χ4v) is 2.89. The van der Waals surface area contributed by atoms with E-state index in [0.29, 0.717) is 5.92 Å². The Bertz CT molecular complexity index is 466. The van der Waals surface area contributed by atoms with Crippen LogP contribution in [-0.2, 0) is 0 Å². The van der Waals surface area contributed by atoms with E-state index in [-0.39, 0.29) is 12.1 Å². The smallest absolute Gasteiger partial charge is 0.318 e. The lowest BCUT2D eigenvalue weighted by atomic mass is 9.80. The third-order valence-electron chi connectivity index (χ3n) is 3.92. The van der Waals surface area contributed by atoms with Crippen LogP contribution in [0.25, 0.3) is 0 Å². The van der Waals surface area contributed by atoms with Gasteiger partial charge in [0.25, 0.3) is 0 Å². The van der Waals surface area contributed by atoms with Gasteiger partial charge in [0, 0.05) is 12.8 Å². The standard InChI is InChI=1S/C14H16N2O/c1-16-13-9-11(10-5-3-2-4-6-10)7-8-12(13)15-14(16)17/h2-6,11,13H,7-9H2,1H3/t11?,13-/m0/s1. The van der Waals surface area contributed by atoms with Crippen LogP contribution in [0, 0.1) is 0 Å². The molecule has 2 amide bonds. The molecule has 3 heteroatoms. The highest BCUT2D eigenvalue weighted by Gasteiger charge is 2.37. The summed E-state index contributed by atoms with van der Waals surface area (Å²) in [6.45, 7) is 0. The number of benzene rings is 1. The number of amides is 2. The molecule has 1 heterocycles. The van der Waals surface area contributed by atoms with Crippen LogP contribution in [0.2, 0.25) is 0 Å². The second-order valence-corrected chi connectivity index (χ2v) is 4.89. The Morgan fingerprint density at radius 3 is 2.82 bits per heavy atom. The highest BCUT2D eigenvalue weighted by atomic mass is 16.2. The van der Waals surface area contributed by atoms with Crippen molar-refractivity contribution in [1.29, 1.82) is 0 Å².